The lowest BCUT2D eigenvalue weighted by Crippen LogP contribution is -2.20. The molecule has 1 N–H and O–H groups in total. The number of allylic oxidation sites excluding steroid dienone is 1. The molecular weight excluding hydrogens is 168 g/mol. The molecule has 1 aliphatic heterocycles. The summed E-state index contributed by atoms with van der Waals surface area (Å²) in [5.74, 6) is -0.169. The molecule has 5 nitrogen and oxygen atoms in total. The largest absolute Gasteiger partial charge is 0.504 e. The molecule has 0 aromatic heterocycles. The van der Waals surface area contributed by atoms with Gasteiger partial charge in [-0.2, -0.15) is 10.4 Å². The van der Waals surface area contributed by atoms with Gasteiger partial charge in [-0.15, -0.1) is 0 Å². The van der Waals surface area contributed by atoms with E-state index in [2.05, 4.69) is 16.7 Å². The van der Waals surface area contributed by atoms with Crippen LogP contribution in [0.3, 0.4) is 0 Å². The fraction of sp³-hybridized carbons (Fsp3) is 0.125. The first-order valence-electron chi connectivity index (χ1n) is 3.48. The summed E-state index contributed by atoms with van der Waals surface area (Å²) in [5.41, 5.74) is 0.343. The topological polar surface area (TPSA) is 72.0 Å². The van der Waals surface area contributed by atoms with Gasteiger partial charge in [0, 0.05) is 7.05 Å². The number of nitrogens with zero attached hydrogens (tertiary/aromatic N) is 4. The van der Waals surface area contributed by atoms with Crippen molar-refractivity contribution < 1.29 is 5.11 Å². The molecule has 0 radical (unpaired) electrons. The second-order valence-electron chi connectivity index (χ2n) is 2.28. The molecule has 0 saturated carbocycles. The maximum Gasteiger partial charge on any atom is 0.160 e. The summed E-state index contributed by atoms with van der Waals surface area (Å²) in [6.45, 7) is 3.56. The molecule has 0 aliphatic carbocycles. The number of aliphatic hydroxyl groups excluding tert-OH is 1. The molecule has 13 heavy (non-hydrogen) atoms. The van der Waals surface area contributed by atoms with Crippen LogP contribution in [0.1, 0.15) is 0 Å². The van der Waals surface area contributed by atoms with Crippen LogP contribution in [0.15, 0.2) is 33.7 Å². The molecule has 0 atom stereocenters. The van der Waals surface area contributed by atoms with E-state index < -0.39 is 0 Å². The predicted molar refractivity (Wildman–Crippen MR) is 49.2 cm³/mol. The Hall–Kier alpha value is -2.09. The normalized spacial score (nSPS) is 16.9. The van der Waals surface area contributed by atoms with E-state index in [-0.39, 0.29) is 17.0 Å². The highest BCUT2D eigenvalue weighted by Gasteiger charge is 2.16. The minimum atomic E-state index is -0.169. The van der Waals surface area contributed by atoms with Gasteiger partial charge < -0.3 is 5.11 Å². The Labute approximate surface area is 75.6 Å². The van der Waals surface area contributed by atoms with Crippen LogP contribution in [0, 0.1) is 11.3 Å². The number of hydrogen-bond acceptors (Lipinski definition) is 4. The van der Waals surface area contributed by atoms with E-state index >= 15 is 0 Å². The SMILES string of the molecule is C=C1C(O)=C(C#N)C=NN1/C=N\C. The summed E-state index contributed by atoms with van der Waals surface area (Å²) < 4.78 is 0. The molecule has 0 fully saturated rings. The van der Waals surface area contributed by atoms with Gasteiger partial charge in [0.1, 0.15) is 23.7 Å². The Kier molecular flexibility index (Phi) is 2.45. The minimum absolute atomic E-state index is 0.103. The maximum absolute atomic E-state index is 9.40. The number of hydrogen-bond donors (Lipinski definition) is 1. The highest BCUT2D eigenvalue weighted by Crippen LogP contribution is 2.17. The van der Waals surface area contributed by atoms with E-state index in [1.807, 2.05) is 0 Å². The summed E-state index contributed by atoms with van der Waals surface area (Å²) >= 11 is 0. The van der Waals surface area contributed by atoms with Gasteiger partial charge in [-0.3, -0.25) is 4.99 Å². The molecule has 0 bridgehead atoms. The van der Waals surface area contributed by atoms with E-state index in [0.29, 0.717) is 0 Å². The zero-order valence-electron chi connectivity index (χ0n) is 7.10. The lowest BCUT2D eigenvalue weighted by Gasteiger charge is -2.18. The highest BCUT2D eigenvalue weighted by molar-refractivity contribution is 5.87. The minimum Gasteiger partial charge on any atom is -0.504 e. The van der Waals surface area contributed by atoms with Gasteiger partial charge in [0.2, 0.25) is 0 Å². The van der Waals surface area contributed by atoms with Gasteiger partial charge in [0.15, 0.2) is 5.76 Å². The van der Waals surface area contributed by atoms with E-state index in [1.165, 1.54) is 17.6 Å². The smallest absolute Gasteiger partial charge is 0.160 e. The monoisotopic (exact) mass is 176 g/mol. The van der Waals surface area contributed by atoms with Crippen molar-refractivity contribution >= 4 is 12.6 Å². The molecule has 1 heterocycles. The first-order valence-corrected chi connectivity index (χ1v) is 3.48. The van der Waals surface area contributed by atoms with Gasteiger partial charge in [-0.05, 0) is 0 Å². The van der Waals surface area contributed by atoms with Gasteiger partial charge in [0.25, 0.3) is 0 Å². The summed E-state index contributed by atoms with van der Waals surface area (Å²) in [6, 6.07) is 1.80. The molecule has 66 valence electrons. The lowest BCUT2D eigenvalue weighted by molar-refractivity contribution is 0.382. The van der Waals surface area contributed by atoms with E-state index in [9.17, 15) is 5.11 Å². The zero-order chi connectivity index (χ0) is 9.84. The molecular formula is C8H8N4O. The van der Waals surface area contributed by atoms with E-state index in [4.69, 9.17) is 5.26 Å². The van der Waals surface area contributed by atoms with Crippen molar-refractivity contribution in [3.63, 3.8) is 0 Å². The van der Waals surface area contributed by atoms with Crippen molar-refractivity contribution in [2.45, 2.75) is 0 Å². The molecule has 0 unspecified atom stereocenters. The summed E-state index contributed by atoms with van der Waals surface area (Å²) in [6.07, 6.45) is 2.65. The van der Waals surface area contributed by atoms with Crippen molar-refractivity contribution in [3.05, 3.63) is 23.6 Å². The van der Waals surface area contributed by atoms with Crippen molar-refractivity contribution in [1.82, 2.24) is 5.01 Å². The van der Waals surface area contributed by atoms with Crippen molar-refractivity contribution in [3.8, 4) is 6.07 Å². The standard InChI is InChI=1S/C8H8N4O/c1-6-8(13)7(3-9)4-11-12(6)5-10-2/h4-5,13H,1H2,2H3/b10-5-. The van der Waals surface area contributed by atoms with Crippen LogP contribution in [0.25, 0.3) is 0 Å². The number of rotatable bonds is 1. The molecule has 5 heteroatoms. The van der Waals surface area contributed by atoms with Crippen molar-refractivity contribution in [2.24, 2.45) is 10.1 Å². The molecule has 1 aliphatic rings. The van der Waals surface area contributed by atoms with E-state index in [1.54, 1.807) is 13.1 Å². The lowest BCUT2D eigenvalue weighted by atomic mass is 10.2. The molecule has 0 aromatic carbocycles. The number of hydrazone groups is 1. The second kappa shape index (κ2) is 3.54. The van der Waals surface area contributed by atoms with Crippen molar-refractivity contribution in [1.29, 1.82) is 5.26 Å². The van der Waals surface area contributed by atoms with Crippen molar-refractivity contribution in [2.75, 3.05) is 7.05 Å². The van der Waals surface area contributed by atoms with Gasteiger partial charge in [-0.1, -0.05) is 6.58 Å². The van der Waals surface area contributed by atoms with Crippen LogP contribution in [-0.2, 0) is 0 Å². The fourth-order valence-corrected chi connectivity index (χ4v) is 0.805. The van der Waals surface area contributed by atoms with Gasteiger partial charge in [-0.25, -0.2) is 5.01 Å². The Morgan fingerprint density at radius 3 is 3.08 bits per heavy atom. The molecule has 1 rings (SSSR count). The van der Waals surface area contributed by atoms with Crippen LogP contribution < -0.4 is 0 Å². The molecule has 0 spiro atoms. The van der Waals surface area contributed by atoms with Crippen LogP contribution in [0.4, 0.5) is 0 Å². The highest BCUT2D eigenvalue weighted by atomic mass is 16.3. The molecule has 0 saturated heterocycles. The van der Waals surface area contributed by atoms with Crippen LogP contribution in [-0.4, -0.2) is 29.7 Å². The summed E-state index contributed by atoms with van der Waals surface area (Å²) in [5, 5.41) is 23.1. The number of nitriles is 1. The Morgan fingerprint density at radius 1 is 1.85 bits per heavy atom. The third-order valence-electron chi connectivity index (χ3n) is 1.46. The zero-order valence-corrected chi connectivity index (χ0v) is 7.10. The van der Waals surface area contributed by atoms with Gasteiger partial charge >= 0.3 is 0 Å². The fourth-order valence-electron chi connectivity index (χ4n) is 0.805. The first-order chi connectivity index (χ1) is 6.20. The number of aliphatic hydroxyl groups is 1. The first kappa shape index (κ1) is 9.00. The average Bonchev–Trinajstić information content (AvgIpc) is 2.14. The van der Waals surface area contributed by atoms with Crippen LogP contribution >= 0.6 is 0 Å². The Balaban J connectivity index is 3.01. The summed E-state index contributed by atoms with van der Waals surface area (Å²) in [4.78, 5) is 3.70. The van der Waals surface area contributed by atoms with E-state index in [0.717, 1.165) is 0 Å². The molecule has 0 amide bonds. The Bertz CT molecular complexity index is 359. The maximum atomic E-state index is 9.40. The third kappa shape index (κ3) is 1.56. The average molecular weight is 176 g/mol. The quantitative estimate of drug-likeness (QED) is 0.474. The second-order valence-corrected chi connectivity index (χ2v) is 2.28. The Morgan fingerprint density at radius 2 is 2.54 bits per heavy atom. The summed E-state index contributed by atoms with van der Waals surface area (Å²) in [7, 11) is 1.57. The van der Waals surface area contributed by atoms with Crippen LogP contribution in [0.2, 0.25) is 0 Å². The van der Waals surface area contributed by atoms with Crippen LogP contribution in [0.5, 0.6) is 0 Å². The molecule has 0 aromatic rings. The third-order valence-corrected chi connectivity index (χ3v) is 1.46. The predicted octanol–water partition coefficient (Wildman–Crippen LogP) is 0.795. The number of aliphatic imine (C=N–C) groups is 1. The van der Waals surface area contributed by atoms with Gasteiger partial charge in [0.05, 0.1) is 6.21 Å².